The molecule has 1 aromatic carbocycles. The summed E-state index contributed by atoms with van der Waals surface area (Å²) in [5.41, 5.74) is 8.27. The maximum absolute atomic E-state index is 11.9. The van der Waals surface area contributed by atoms with E-state index in [1.54, 1.807) is 18.2 Å². The summed E-state index contributed by atoms with van der Waals surface area (Å²) in [6, 6.07) is 5.08. The van der Waals surface area contributed by atoms with Crippen LogP contribution in [0, 0.1) is 0 Å². The zero-order valence-corrected chi connectivity index (χ0v) is 17.3. The molecule has 0 saturated carbocycles. The van der Waals surface area contributed by atoms with Crippen LogP contribution >= 0.6 is 24.0 Å². The number of nitrogens with two attached hydrogens (primary N) is 1. The second-order valence-electron chi connectivity index (χ2n) is 5.94. The smallest absolute Gasteiger partial charge is 0.255 e. The van der Waals surface area contributed by atoms with Crippen molar-refractivity contribution in [2.24, 2.45) is 10.8 Å². The first kappa shape index (κ1) is 22.0. The Kier molecular flexibility index (Phi) is 9.02. The summed E-state index contributed by atoms with van der Waals surface area (Å²) >= 11 is 6.67. The summed E-state index contributed by atoms with van der Waals surface area (Å²) in [7, 11) is 0. The summed E-state index contributed by atoms with van der Waals surface area (Å²) in [4.78, 5) is 24.9. The maximum atomic E-state index is 11.9. The largest absolute Gasteiger partial charge is 0.490 e. The normalized spacial score (nSPS) is 13.5. The lowest BCUT2D eigenvalue weighted by Crippen LogP contribution is -2.26. The fourth-order valence-electron chi connectivity index (χ4n) is 2.47. The van der Waals surface area contributed by atoms with Gasteiger partial charge < -0.3 is 20.1 Å². The van der Waals surface area contributed by atoms with Gasteiger partial charge in [-0.25, -0.2) is 5.43 Å². The van der Waals surface area contributed by atoms with Crippen molar-refractivity contribution in [1.82, 2.24) is 10.3 Å². The lowest BCUT2D eigenvalue weighted by atomic mass is 10.2. The minimum Gasteiger partial charge on any atom is -0.490 e. The van der Waals surface area contributed by atoms with Crippen molar-refractivity contribution >= 4 is 46.3 Å². The zero-order valence-electron chi connectivity index (χ0n) is 15.7. The highest BCUT2D eigenvalue weighted by Gasteiger charge is 2.16. The van der Waals surface area contributed by atoms with Gasteiger partial charge in [-0.15, -0.1) is 0 Å². The number of thioether (sulfide) groups is 1. The Morgan fingerprint density at radius 2 is 2.07 bits per heavy atom. The van der Waals surface area contributed by atoms with E-state index in [9.17, 15) is 9.59 Å². The average molecular weight is 425 g/mol. The highest BCUT2D eigenvalue weighted by Crippen LogP contribution is 2.28. The number of carbonyl (C=O) groups excluding carboxylic acids is 2. The van der Waals surface area contributed by atoms with Crippen LogP contribution in [0.4, 0.5) is 0 Å². The molecule has 0 spiro atoms. The first-order valence-corrected chi connectivity index (χ1v) is 10.3. The minimum absolute atomic E-state index is 0.219. The molecule has 2 rings (SSSR count). The standard InChI is InChI=1S/C18H24N4O4S2/c1-2-25-15-9-13(5-6-14(15)26-11-16(19)23)10-20-21-17(24)12-28-18(27)22-7-3-4-8-22/h5-6,9-10H,2-4,7-8,11-12H2,1H3,(H2,19,23)(H,21,24). The number of benzene rings is 1. The van der Waals surface area contributed by atoms with Gasteiger partial charge in [-0.2, -0.15) is 5.10 Å². The van der Waals surface area contributed by atoms with Crippen LogP contribution in [0.3, 0.4) is 0 Å². The number of hydrogen-bond acceptors (Lipinski definition) is 7. The molecule has 28 heavy (non-hydrogen) atoms. The number of likely N-dealkylation sites (tertiary alicyclic amines) is 1. The van der Waals surface area contributed by atoms with E-state index in [1.165, 1.54) is 18.0 Å². The number of hydrazone groups is 1. The molecule has 1 aliphatic heterocycles. The Morgan fingerprint density at radius 3 is 2.75 bits per heavy atom. The molecule has 1 aromatic rings. The molecule has 1 fully saturated rings. The van der Waals surface area contributed by atoms with Gasteiger partial charge in [0.15, 0.2) is 18.1 Å². The van der Waals surface area contributed by atoms with Gasteiger partial charge in [0.2, 0.25) is 0 Å². The lowest BCUT2D eigenvalue weighted by Gasteiger charge is -2.16. The van der Waals surface area contributed by atoms with Crippen molar-refractivity contribution in [1.29, 1.82) is 0 Å². The molecule has 10 heteroatoms. The van der Waals surface area contributed by atoms with E-state index in [1.807, 2.05) is 6.92 Å². The predicted molar refractivity (Wildman–Crippen MR) is 114 cm³/mol. The average Bonchev–Trinajstić information content (AvgIpc) is 3.20. The molecule has 0 atom stereocenters. The number of primary amides is 1. The van der Waals surface area contributed by atoms with E-state index in [0.717, 1.165) is 30.3 Å². The van der Waals surface area contributed by atoms with Crippen LogP contribution in [-0.4, -0.2) is 59.3 Å². The number of hydrogen-bond donors (Lipinski definition) is 2. The first-order valence-electron chi connectivity index (χ1n) is 8.91. The lowest BCUT2D eigenvalue weighted by molar-refractivity contribution is -0.120. The Morgan fingerprint density at radius 1 is 1.32 bits per heavy atom. The van der Waals surface area contributed by atoms with E-state index in [2.05, 4.69) is 15.4 Å². The highest BCUT2D eigenvalue weighted by atomic mass is 32.2. The highest BCUT2D eigenvalue weighted by molar-refractivity contribution is 8.23. The third-order valence-corrected chi connectivity index (χ3v) is 5.25. The fourth-order valence-corrected chi connectivity index (χ4v) is 3.51. The second-order valence-corrected chi connectivity index (χ2v) is 7.55. The summed E-state index contributed by atoms with van der Waals surface area (Å²) in [5.74, 6) is 0.294. The molecule has 2 amide bonds. The molecule has 1 aliphatic rings. The van der Waals surface area contributed by atoms with E-state index in [-0.39, 0.29) is 18.3 Å². The number of rotatable bonds is 9. The van der Waals surface area contributed by atoms with Crippen LogP contribution in [0.1, 0.15) is 25.3 Å². The third-order valence-electron chi connectivity index (χ3n) is 3.73. The molecular formula is C18H24N4O4S2. The molecular weight excluding hydrogens is 400 g/mol. The van der Waals surface area contributed by atoms with E-state index >= 15 is 0 Å². The van der Waals surface area contributed by atoms with E-state index in [0.29, 0.717) is 23.7 Å². The van der Waals surface area contributed by atoms with Crippen LogP contribution in [0.5, 0.6) is 11.5 Å². The minimum atomic E-state index is -0.571. The van der Waals surface area contributed by atoms with Gasteiger partial charge in [0, 0.05) is 13.1 Å². The monoisotopic (exact) mass is 424 g/mol. The van der Waals surface area contributed by atoms with Crippen molar-refractivity contribution in [2.75, 3.05) is 32.1 Å². The number of ether oxygens (including phenoxy) is 2. The number of carbonyl (C=O) groups is 2. The second kappa shape index (κ2) is 11.5. The topological polar surface area (TPSA) is 106 Å². The molecule has 152 valence electrons. The molecule has 1 heterocycles. The van der Waals surface area contributed by atoms with Crippen LogP contribution in [0.2, 0.25) is 0 Å². The molecule has 3 N–H and O–H groups in total. The third kappa shape index (κ3) is 7.35. The van der Waals surface area contributed by atoms with Gasteiger partial charge in [-0.1, -0.05) is 24.0 Å². The molecule has 8 nitrogen and oxygen atoms in total. The van der Waals surface area contributed by atoms with Crippen LogP contribution in [0.15, 0.2) is 23.3 Å². The zero-order chi connectivity index (χ0) is 20.4. The van der Waals surface area contributed by atoms with Crippen LogP contribution in [-0.2, 0) is 9.59 Å². The van der Waals surface area contributed by atoms with E-state index in [4.69, 9.17) is 27.4 Å². The number of thiocarbonyl (C=S) groups is 1. The summed E-state index contributed by atoms with van der Waals surface area (Å²) in [6.07, 6.45) is 3.79. The Labute approximate surface area is 173 Å². The number of nitrogens with one attached hydrogen (secondary N) is 1. The van der Waals surface area contributed by atoms with Gasteiger partial charge >= 0.3 is 0 Å². The predicted octanol–water partition coefficient (Wildman–Crippen LogP) is 1.51. The van der Waals surface area contributed by atoms with Gasteiger partial charge in [0.1, 0.15) is 4.32 Å². The quantitative estimate of drug-likeness (QED) is 0.352. The molecule has 1 saturated heterocycles. The first-order chi connectivity index (χ1) is 13.5. The van der Waals surface area contributed by atoms with Gasteiger partial charge in [-0.3, -0.25) is 9.59 Å². The fraction of sp³-hybridized carbons (Fsp3) is 0.444. The van der Waals surface area contributed by atoms with Crippen molar-refractivity contribution in [3.63, 3.8) is 0 Å². The van der Waals surface area contributed by atoms with Crippen molar-refractivity contribution in [3.8, 4) is 11.5 Å². The van der Waals surface area contributed by atoms with E-state index < -0.39 is 5.91 Å². The van der Waals surface area contributed by atoms with Gasteiger partial charge in [0.05, 0.1) is 18.6 Å². The SMILES string of the molecule is CCOc1cc(C=NNC(=O)CSC(=S)N2CCCC2)ccc1OCC(N)=O. The number of nitrogens with zero attached hydrogens (tertiary/aromatic N) is 2. The Bertz CT molecular complexity index is 736. The summed E-state index contributed by atoms with van der Waals surface area (Å²) in [6.45, 7) is 3.96. The Hall–Kier alpha value is -2.33. The van der Waals surface area contributed by atoms with Crippen LogP contribution < -0.4 is 20.6 Å². The van der Waals surface area contributed by atoms with Crippen LogP contribution in [0.25, 0.3) is 0 Å². The number of amides is 2. The van der Waals surface area contributed by atoms with Gasteiger partial charge in [0.25, 0.3) is 11.8 Å². The van der Waals surface area contributed by atoms with Crippen molar-refractivity contribution < 1.29 is 19.1 Å². The Balaban J connectivity index is 1.84. The van der Waals surface area contributed by atoms with Crippen molar-refractivity contribution in [3.05, 3.63) is 23.8 Å². The molecule has 0 bridgehead atoms. The van der Waals surface area contributed by atoms with Gasteiger partial charge in [-0.05, 0) is 43.5 Å². The maximum Gasteiger partial charge on any atom is 0.255 e. The molecule has 0 radical (unpaired) electrons. The molecule has 0 unspecified atom stereocenters. The summed E-state index contributed by atoms with van der Waals surface area (Å²) in [5, 5.41) is 3.96. The molecule has 0 aliphatic carbocycles. The molecule has 0 aromatic heterocycles. The summed E-state index contributed by atoms with van der Waals surface area (Å²) < 4.78 is 11.6. The van der Waals surface area contributed by atoms with Crippen molar-refractivity contribution in [2.45, 2.75) is 19.8 Å².